The molecule has 4 nitrogen and oxygen atoms in total. The molecular formula is C12H15NO3. The third-order valence-electron chi connectivity index (χ3n) is 2.89. The molecule has 3 N–H and O–H groups in total. The predicted octanol–water partition coefficient (Wildman–Crippen LogP) is 1.16. The third kappa shape index (κ3) is 2.28. The fraction of sp³-hybridized carbons (Fsp3) is 0.333. The van der Waals surface area contributed by atoms with Crippen molar-refractivity contribution in [1.29, 1.82) is 0 Å². The van der Waals surface area contributed by atoms with E-state index < -0.39 is 17.4 Å². The molecule has 4 heteroatoms. The molecule has 0 bridgehead atoms. The Bertz CT molecular complexity index is 377. The fourth-order valence-electron chi connectivity index (χ4n) is 1.63. The highest BCUT2D eigenvalue weighted by atomic mass is 16.4. The van der Waals surface area contributed by atoms with Gasteiger partial charge in [-0.05, 0) is 5.56 Å². The summed E-state index contributed by atoms with van der Waals surface area (Å²) in [5.74, 6) is -1.58. The number of carboxylic acid groups (broad SMARTS) is 1. The van der Waals surface area contributed by atoms with Crippen LogP contribution >= 0.6 is 0 Å². The van der Waals surface area contributed by atoms with Gasteiger partial charge in [-0.2, -0.15) is 0 Å². The number of carbonyl (C=O) groups is 2. The van der Waals surface area contributed by atoms with Gasteiger partial charge < -0.3 is 15.6 Å². The van der Waals surface area contributed by atoms with E-state index in [1.54, 1.807) is 19.1 Å². The molecule has 0 aliphatic heterocycles. The molecule has 0 aliphatic carbocycles. The first-order chi connectivity index (χ1) is 7.52. The van der Waals surface area contributed by atoms with Gasteiger partial charge in [0, 0.05) is 12.3 Å². The van der Waals surface area contributed by atoms with E-state index in [2.05, 4.69) is 0 Å². The van der Waals surface area contributed by atoms with Crippen molar-refractivity contribution in [2.75, 3.05) is 0 Å². The highest BCUT2D eigenvalue weighted by Crippen LogP contribution is 2.28. The average molecular weight is 221 g/mol. The normalized spacial score (nSPS) is 16.1. The zero-order valence-electron chi connectivity index (χ0n) is 9.09. The van der Waals surface area contributed by atoms with E-state index in [0.717, 1.165) is 5.56 Å². The summed E-state index contributed by atoms with van der Waals surface area (Å²) in [5.41, 5.74) is 5.07. The Labute approximate surface area is 94.1 Å². The maximum absolute atomic E-state index is 11.1. The van der Waals surface area contributed by atoms with Crippen molar-refractivity contribution < 1.29 is 14.7 Å². The number of carbonyl (C=O) groups excluding carboxylic acids is 1. The van der Waals surface area contributed by atoms with Crippen molar-refractivity contribution in [1.82, 2.24) is 0 Å². The first-order valence-corrected chi connectivity index (χ1v) is 5.03. The summed E-state index contributed by atoms with van der Waals surface area (Å²) in [7, 11) is 0. The lowest BCUT2D eigenvalue weighted by Crippen LogP contribution is -2.52. The Morgan fingerprint density at radius 1 is 1.50 bits per heavy atom. The largest absolute Gasteiger partial charge is 0.480 e. The zero-order chi connectivity index (χ0) is 12.2. The lowest BCUT2D eigenvalue weighted by atomic mass is 9.79. The minimum absolute atomic E-state index is 0.196. The molecule has 2 atom stereocenters. The van der Waals surface area contributed by atoms with Crippen LogP contribution in [0.15, 0.2) is 30.3 Å². The molecule has 1 rings (SSSR count). The van der Waals surface area contributed by atoms with Crippen LogP contribution in [0, 0.1) is 0 Å². The van der Waals surface area contributed by atoms with Gasteiger partial charge >= 0.3 is 5.97 Å². The topological polar surface area (TPSA) is 80.4 Å². The second kappa shape index (κ2) is 4.90. The van der Waals surface area contributed by atoms with Gasteiger partial charge in [0.05, 0.1) is 0 Å². The Hall–Kier alpha value is -1.68. The summed E-state index contributed by atoms with van der Waals surface area (Å²) in [5, 5.41) is 9.11. The number of carboxylic acids is 1. The Kier molecular flexibility index (Phi) is 3.79. The second-order valence-corrected chi connectivity index (χ2v) is 3.85. The summed E-state index contributed by atoms with van der Waals surface area (Å²) in [6.07, 6.45) is 0.353. The number of benzene rings is 1. The molecule has 0 fully saturated rings. The molecule has 0 amide bonds. The van der Waals surface area contributed by atoms with Gasteiger partial charge in [-0.25, -0.2) is 0 Å². The molecule has 0 aliphatic rings. The first-order valence-electron chi connectivity index (χ1n) is 5.03. The monoisotopic (exact) mass is 221 g/mol. The van der Waals surface area contributed by atoms with E-state index in [-0.39, 0.29) is 6.42 Å². The summed E-state index contributed by atoms with van der Waals surface area (Å²) in [6.45, 7) is 1.72. The van der Waals surface area contributed by atoms with E-state index >= 15 is 0 Å². The van der Waals surface area contributed by atoms with Crippen molar-refractivity contribution >= 4 is 12.3 Å². The van der Waals surface area contributed by atoms with Gasteiger partial charge in [-0.15, -0.1) is 0 Å². The van der Waals surface area contributed by atoms with Gasteiger partial charge in [0.25, 0.3) is 0 Å². The SMILES string of the molecule is CC(c1ccccc1)C(N)(CC=O)C(=O)O. The number of nitrogens with two attached hydrogens (primary N) is 1. The van der Waals surface area contributed by atoms with Crippen molar-refractivity contribution in [2.24, 2.45) is 5.73 Å². The van der Waals surface area contributed by atoms with Crippen LogP contribution in [0.3, 0.4) is 0 Å². The summed E-state index contributed by atoms with van der Waals surface area (Å²) in [6, 6.07) is 9.08. The molecule has 2 unspecified atom stereocenters. The molecule has 0 radical (unpaired) electrons. The smallest absolute Gasteiger partial charge is 0.324 e. The van der Waals surface area contributed by atoms with Gasteiger partial charge in [-0.3, -0.25) is 4.79 Å². The summed E-state index contributed by atoms with van der Waals surface area (Å²) < 4.78 is 0. The average Bonchev–Trinajstić information content (AvgIpc) is 2.29. The number of hydrogen-bond donors (Lipinski definition) is 2. The van der Waals surface area contributed by atoms with Gasteiger partial charge in [0.15, 0.2) is 0 Å². The van der Waals surface area contributed by atoms with Gasteiger partial charge in [0.1, 0.15) is 11.8 Å². The van der Waals surface area contributed by atoms with Crippen molar-refractivity contribution in [3.05, 3.63) is 35.9 Å². The molecule has 1 aromatic rings. The van der Waals surface area contributed by atoms with Crippen LogP contribution in [0.1, 0.15) is 24.8 Å². The summed E-state index contributed by atoms with van der Waals surface area (Å²) in [4.78, 5) is 21.7. The molecule has 0 saturated carbocycles. The third-order valence-corrected chi connectivity index (χ3v) is 2.89. The van der Waals surface area contributed by atoms with Crippen LogP contribution < -0.4 is 5.73 Å². The zero-order valence-corrected chi connectivity index (χ0v) is 9.09. The van der Waals surface area contributed by atoms with E-state index in [1.165, 1.54) is 0 Å². The maximum Gasteiger partial charge on any atom is 0.324 e. The van der Waals surface area contributed by atoms with Crippen LogP contribution in [-0.4, -0.2) is 22.9 Å². The molecule has 16 heavy (non-hydrogen) atoms. The van der Waals surface area contributed by atoms with E-state index in [1.807, 2.05) is 18.2 Å². The first kappa shape index (κ1) is 12.4. The van der Waals surface area contributed by atoms with E-state index in [0.29, 0.717) is 6.29 Å². The van der Waals surface area contributed by atoms with Crippen molar-refractivity contribution in [3.63, 3.8) is 0 Å². The van der Waals surface area contributed by atoms with E-state index in [4.69, 9.17) is 10.8 Å². The predicted molar refractivity (Wildman–Crippen MR) is 60.1 cm³/mol. The fourth-order valence-corrected chi connectivity index (χ4v) is 1.63. The number of rotatable bonds is 5. The van der Waals surface area contributed by atoms with Crippen LogP contribution in [0.5, 0.6) is 0 Å². The molecular weight excluding hydrogens is 206 g/mol. The van der Waals surface area contributed by atoms with Crippen molar-refractivity contribution in [3.8, 4) is 0 Å². The Morgan fingerprint density at radius 3 is 2.50 bits per heavy atom. The highest BCUT2D eigenvalue weighted by molar-refractivity contribution is 5.83. The van der Waals surface area contributed by atoms with Crippen LogP contribution in [0.2, 0.25) is 0 Å². The molecule has 0 spiro atoms. The molecule has 86 valence electrons. The van der Waals surface area contributed by atoms with Crippen LogP contribution in [0.25, 0.3) is 0 Å². The molecule has 0 heterocycles. The Balaban J connectivity index is 3.05. The summed E-state index contributed by atoms with van der Waals surface area (Å²) >= 11 is 0. The lowest BCUT2D eigenvalue weighted by Gasteiger charge is -2.29. The minimum atomic E-state index is -1.54. The van der Waals surface area contributed by atoms with Gasteiger partial charge in [-0.1, -0.05) is 37.3 Å². The van der Waals surface area contributed by atoms with Crippen molar-refractivity contribution in [2.45, 2.75) is 24.8 Å². The Morgan fingerprint density at radius 2 is 2.06 bits per heavy atom. The lowest BCUT2D eigenvalue weighted by molar-refractivity contribution is -0.145. The maximum atomic E-state index is 11.1. The highest BCUT2D eigenvalue weighted by Gasteiger charge is 2.40. The molecule has 0 saturated heterocycles. The molecule has 1 aromatic carbocycles. The van der Waals surface area contributed by atoms with Crippen LogP contribution in [-0.2, 0) is 9.59 Å². The quantitative estimate of drug-likeness (QED) is 0.731. The number of aldehydes is 1. The van der Waals surface area contributed by atoms with Crippen LogP contribution in [0.4, 0.5) is 0 Å². The number of aliphatic carboxylic acids is 1. The molecule has 0 aromatic heterocycles. The van der Waals surface area contributed by atoms with E-state index in [9.17, 15) is 9.59 Å². The minimum Gasteiger partial charge on any atom is -0.480 e. The number of hydrogen-bond acceptors (Lipinski definition) is 3. The van der Waals surface area contributed by atoms with Gasteiger partial charge in [0.2, 0.25) is 0 Å². The second-order valence-electron chi connectivity index (χ2n) is 3.85. The standard InChI is InChI=1S/C12H15NO3/c1-9(10-5-3-2-4-6-10)12(13,7-8-14)11(15)16/h2-6,8-9H,7,13H2,1H3,(H,15,16).